The fraction of sp³-hybridized carbons (Fsp3) is 0.273. The van der Waals surface area contributed by atoms with E-state index < -0.39 is 0 Å². The summed E-state index contributed by atoms with van der Waals surface area (Å²) in [5, 5.41) is 13.8. The highest BCUT2D eigenvalue weighted by atomic mass is 16.5. The van der Waals surface area contributed by atoms with Crippen molar-refractivity contribution in [3.05, 3.63) is 49.6 Å². The van der Waals surface area contributed by atoms with Gasteiger partial charge in [0.25, 0.3) is 0 Å². The molecule has 4 aromatic heterocycles. The summed E-state index contributed by atoms with van der Waals surface area (Å²) in [6, 6.07) is 5.89. The molecule has 5 heterocycles. The maximum Gasteiger partial charge on any atom is 0.319 e. The number of aromatic nitrogens is 5. The molecule has 10 heteroatoms. The van der Waals surface area contributed by atoms with E-state index in [-0.39, 0.29) is 6.03 Å². The van der Waals surface area contributed by atoms with E-state index in [9.17, 15) is 4.79 Å². The number of hydrogen-bond donors (Lipinski definition) is 3. The van der Waals surface area contributed by atoms with Crippen LogP contribution in [0.5, 0.6) is 0 Å². The van der Waals surface area contributed by atoms with E-state index in [4.69, 9.17) is 9.72 Å². The van der Waals surface area contributed by atoms with Crippen LogP contribution in [0.25, 0.3) is 27.9 Å². The van der Waals surface area contributed by atoms with E-state index in [0.29, 0.717) is 23.2 Å². The molecule has 0 unspecified atom stereocenters. The van der Waals surface area contributed by atoms with Crippen molar-refractivity contribution in [1.82, 2.24) is 29.5 Å². The second-order valence-corrected chi connectivity index (χ2v) is 7.54. The lowest BCUT2D eigenvalue weighted by Gasteiger charge is -2.24. The van der Waals surface area contributed by atoms with Gasteiger partial charge in [0.05, 0.1) is 11.9 Å². The Morgan fingerprint density at radius 3 is 2.94 bits per heavy atom. The van der Waals surface area contributed by atoms with E-state index in [1.54, 1.807) is 24.0 Å². The largest absolute Gasteiger partial charge is 0.381 e. The molecule has 0 radical (unpaired) electrons. The number of nitrogens with zero attached hydrogens (tertiary/aromatic N) is 5. The van der Waals surface area contributed by atoms with Gasteiger partial charge in [0, 0.05) is 55.7 Å². The number of hydrogen-bond acceptors (Lipinski definition) is 6. The van der Waals surface area contributed by atoms with E-state index in [2.05, 4.69) is 49.4 Å². The van der Waals surface area contributed by atoms with Gasteiger partial charge in [-0.15, -0.1) is 0 Å². The number of anilines is 2. The molecule has 0 saturated carbocycles. The number of ether oxygens (including phenoxy) is 1. The van der Waals surface area contributed by atoms with Gasteiger partial charge in [0.15, 0.2) is 5.65 Å². The summed E-state index contributed by atoms with van der Waals surface area (Å²) >= 11 is 0. The summed E-state index contributed by atoms with van der Waals surface area (Å²) in [7, 11) is 1.56. The van der Waals surface area contributed by atoms with Crippen molar-refractivity contribution < 1.29 is 9.53 Å². The first kappa shape index (κ1) is 20.0. The summed E-state index contributed by atoms with van der Waals surface area (Å²) < 4.78 is 9.41. The normalized spacial score (nSPS) is 14.5. The molecule has 1 saturated heterocycles. The maximum atomic E-state index is 11.9. The summed E-state index contributed by atoms with van der Waals surface area (Å²) in [5.74, 6) is 0.681. The first-order valence-corrected chi connectivity index (χ1v) is 10.5. The van der Waals surface area contributed by atoms with Gasteiger partial charge in [-0.1, -0.05) is 6.58 Å². The van der Waals surface area contributed by atoms with Crippen LogP contribution in [-0.4, -0.2) is 50.4 Å². The monoisotopic (exact) mass is 432 g/mol. The number of pyridine rings is 1. The Morgan fingerprint density at radius 2 is 2.16 bits per heavy atom. The summed E-state index contributed by atoms with van der Waals surface area (Å²) in [6.45, 7) is 5.26. The zero-order chi connectivity index (χ0) is 22.1. The quantitative estimate of drug-likeness (QED) is 0.446. The summed E-state index contributed by atoms with van der Waals surface area (Å²) in [6.07, 6.45) is 8.97. The SMILES string of the molecule is C=CNc1cc(-c2cn(C3CCOCC3)c3ncccc23)nc2c(NC(=O)NC)cnn12. The maximum absolute atomic E-state index is 11.9. The molecule has 0 aliphatic carbocycles. The number of amides is 2. The molecule has 1 aliphatic rings. The molecule has 164 valence electrons. The number of carbonyl (C=O) groups excluding carboxylic acids is 1. The fourth-order valence-corrected chi connectivity index (χ4v) is 4.11. The average Bonchev–Trinajstić information content (AvgIpc) is 3.42. The molecular formula is C22H24N8O2. The number of carbonyl (C=O) groups is 1. The van der Waals surface area contributed by atoms with Crippen molar-refractivity contribution in [3.8, 4) is 11.3 Å². The Bertz CT molecular complexity index is 1300. The lowest BCUT2D eigenvalue weighted by Crippen LogP contribution is -2.24. The van der Waals surface area contributed by atoms with Crippen LogP contribution in [0.15, 0.2) is 49.6 Å². The third-order valence-electron chi connectivity index (χ3n) is 5.65. The molecule has 3 N–H and O–H groups in total. The highest BCUT2D eigenvalue weighted by Gasteiger charge is 2.22. The van der Waals surface area contributed by atoms with Gasteiger partial charge in [-0.2, -0.15) is 9.61 Å². The van der Waals surface area contributed by atoms with Crippen LogP contribution in [0, 0.1) is 0 Å². The van der Waals surface area contributed by atoms with Gasteiger partial charge >= 0.3 is 6.03 Å². The molecular weight excluding hydrogens is 408 g/mol. The van der Waals surface area contributed by atoms with Gasteiger partial charge in [-0.05, 0) is 31.2 Å². The third-order valence-corrected chi connectivity index (χ3v) is 5.65. The highest BCUT2D eigenvalue weighted by Crippen LogP contribution is 2.35. The topological polar surface area (TPSA) is 110 Å². The van der Waals surface area contributed by atoms with Crippen LogP contribution in [-0.2, 0) is 4.74 Å². The molecule has 32 heavy (non-hydrogen) atoms. The van der Waals surface area contributed by atoms with Gasteiger partial charge in [0.2, 0.25) is 0 Å². The molecule has 1 aliphatic heterocycles. The first-order valence-electron chi connectivity index (χ1n) is 10.5. The molecule has 4 aromatic rings. The number of nitrogens with one attached hydrogen (secondary N) is 3. The van der Waals surface area contributed by atoms with Gasteiger partial charge in [-0.25, -0.2) is 14.8 Å². The highest BCUT2D eigenvalue weighted by molar-refractivity contribution is 5.96. The van der Waals surface area contributed by atoms with Crippen LogP contribution in [0.1, 0.15) is 18.9 Å². The van der Waals surface area contributed by atoms with E-state index >= 15 is 0 Å². The van der Waals surface area contributed by atoms with Gasteiger partial charge in [0.1, 0.15) is 17.2 Å². The van der Waals surface area contributed by atoms with Crippen LogP contribution < -0.4 is 16.0 Å². The zero-order valence-corrected chi connectivity index (χ0v) is 17.7. The van der Waals surface area contributed by atoms with Crippen LogP contribution in [0.2, 0.25) is 0 Å². The summed E-state index contributed by atoms with van der Waals surface area (Å²) in [5.41, 5.74) is 3.65. The van der Waals surface area contributed by atoms with Crippen molar-refractivity contribution in [1.29, 1.82) is 0 Å². The molecule has 0 spiro atoms. The van der Waals surface area contributed by atoms with Crippen LogP contribution >= 0.6 is 0 Å². The van der Waals surface area contributed by atoms with Crippen molar-refractivity contribution in [2.24, 2.45) is 0 Å². The lowest BCUT2D eigenvalue weighted by atomic mass is 10.1. The molecule has 0 atom stereocenters. The molecule has 0 aromatic carbocycles. The van der Waals surface area contributed by atoms with Crippen molar-refractivity contribution in [3.63, 3.8) is 0 Å². The molecule has 2 amide bonds. The van der Waals surface area contributed by atoms with Crippen molar-refractivity contribution >= 4 is 34.2 Å². The third kappa shape index (κ3) is 3.44. The Morgan fingerprint density at radius 1 is 1.31 bits per heavy atom. The van der Waals surface area contributed by atoms with E-state index in [1.807, 2.05) is 18.3 Å². The Labute approximate surface area is 184 Å². The van der Waals surface area contributed by atoms with Crippen molar-refractivity contribution in [2.75, 3.05) is 30.9 Å². The smallest absolute Gasteiger partial charge is 0.319 e. The van der Waals surface area contributed by atoms with Gasteiger partial charge in [-0.3, -0.25) is 0 Å². The number of fused-ring (bicyclic) bond motifs is 2. The molecule has 0 bridgehead atoms. The van der Waals surface area contributed by atoms with Crippen molar-refractivity contribution in [2.45, 2.75) is 18.9 Å². The minimum Gasteiger partial charge on any atom is -0.381 e. The Kier molecular flexibility index (Phi) is 5.20. The van der Waals surface area contributed by atoms with Crippen LogP contribution in [0.4, 0.5) is 16.3 Å². The average molecular weight is 432 g/mol. The second-order valence-electron chi connectivity index (χ2n) is 7.54. The lowest BCUT2D eigenvalue weighted by molar-refractivity contribution is 0.0706. The number of rotatable bonds is 5. The minimum absolute atomic E-state index is 0.324. The Balaban J connectivity index is 1.69. The van der Waals surface area contributed by atoms with Gasteiger partial charge < -0.3 is 25.3 Å². The molecule has 10 nitrogen and oxygen atoms in total. The fourth-order valence-electron chi connectivity index (χ4n) is 4.11. The minimum atomic E-state index is -0.342. The Hall–Kier alpha value is -3.92. The molecule has 1 fully saturated rings. The zero-order valence-electron chi connectivity index (χ0n) is 17.7. The summed E-state index contributed by atoms with van der Waals surface area (Å²) in [4.78, 5) is 21.4. The predicted octanol–water partition coefficient (Wildman–Crippen LogP) is 3.40. The predicted molar refractivity (Wildman–Crippen MR) is 123 cm³/mol. The number of urea groups is 1. The van der Waals surface area contributed by atoms with E-state index in [0.717, 1.165) is 48.3 Å². The van der Waals surface area contributed by atoms with Crippen LogP contribution in [0.3, 0.4) is 0 Å². The first-order chi connectivity index (χ1) is 15.7. The standard InChI is InChI=1S/C22H24N8O2/c1-3-24-19-11-17(27-21-18(12-26-30(19)21)28-22(31)23-2)16-13-29(14-6-9-32-10-7-14)20-15(16)5-4-8-25-20/h3-5,8,11-14,24H,1,6-7,9-10H2,2H3,(H2,23,28,31). The molecule has 5 rings (SSSR count). The second kappa shape index (κ2) is 8.31. The van der Waals surface area contributed by atoms with E-state index in [1.165, 1.54) is 0 Å².